The molecule has 11 nitrogen and oxygen atoms in total. The summed E-state index contributed by atoms with van der Waals surface area (Å²) in [6, 6.07) is 3.16. The lowest BCUT2D eigenvalue weighted by atomic mass is 10.2. The molecule has 29 heavy (non-hydrogen) atoms. The Kier molecular flexibility index (Phi) is 5.38. The molecule has 0 aliphatic carbocycles. The quantitative estimate of drug-likeness (QED) is 0.418. The van der Waals surface area contributed by atoms with Crippen LogP contribution in [0.1, 0.15) is 24.5 Å². The first-order chi connectivity index (χ1) is 14.1. The molecule has 0 saturated heterocycles. The number of nitrogens with one attached hydrogen (secondary N) is 3. The standard InChI is InChI=1S/C17H18ClN9O2/c18-11-4-5-13(19-7-11)22-25-17(29)16(28)21-12-8-20-26(9-12)10-15-24-23-14-3-1-2-6-27(14)15/h4-5,7-9H,1-3,6,10H2,(H,19,22)(H,21,28)(H,25,29). The van der Waals surface area contributed by atoms with Gasteiger partial charge in [0, 0.05) is 25.4 Å². The Morgan fingerprint density at radius 1 is 1.14 bits per heavy atom. The number of nitrogens with zero attached hydrogens (tertiary/aromatic N) is 6. The van der Waals surface area contributed by atoms with Crippen molar-refractivity contribution < 1.29 is 9.59 Å². The maximum Gasteiger partial charge on any atom is 0.328 e. The van der Waals surface area contributed by atoms with Gasteiger partial charge in [-0.3, -0.25) is 25.1 Å². The maximum absolute atomic E-state index is 12.0. The number of amides is 2. The molecule has 0 saturated carbocycles. The summed E-state index contributed by atoms with van der Waals surface area (Å²) >= 11 is 5.74. The fourth-order valence-corrected chi connectivity index (χ4v) is 3.07. The number of anilines is 2. The van der Waals surface area contributed by atoms with E-state index in [0.29, 0.717) is 23.1 Å². The summed E-state index contributed by atoms with van der Waals surface area (Å²) in [4.78, 5) is 27.9. The van der Waals surface area contributed by atoms with Crippen LogP contribution in [0.15, 0.2) is 30.7 Å². The van der Waals surface area contributed by atoms with Crippen LogP contribution in [-0.2, 0) is 29.1 Å². The number of aryl methyl sites for hydroxylation is 1. The van der Waals surface area contributed by atoms with E-state index < -0.39 is 11.8 Å². The van der Waals surface area contributed by atoms with Gasteiger partial charge in [-0.05, 0) is 25.0 Å². The van der Waals surface area contributed by atoms with Crippen LogP contribution in [0.2, 0.25) is 5.02 Å². The minimum absolute atomic E-state index is 0.347. The number of carbonyl (C=O) groups excluding carboxylic acids is 2. The van der Waals surface area contributed by atoms with Crippen molar-refractivity contribution in [2.75, 3.05) is 10.7 Å². The van der Waals surface area contributed by atoms with E-state index in [1.54, 1.807) is 23.0 Å². The summed E-state index contributed by atoms with van der Waals surface area (Å²) in [7, 11) is 0. The fourth-order valence-electron chi connectivity index (χ4n) is 2.96. The Balaban J connectivity index is 1.31. The van der Waals surface area contributed by atoms with Crippen LogP contribution < -0.4 is 16.2 Å². The smallest absolute Gasteiger partial charge is 0.315 e. The zero-order valence-corrected chi connectivity index (χ0v) is 16.1. The first-order valence-electron chi connectivity index (χ1n) is 9.01. The third-order valence-electron chi connectivity index (χ3n) is 4.37. The molecule has 4 heterocycles. The van der Waals surface area contributed by atoms with Crippen molar-refractivity contribution in [1.82, 2.24) is 35.0 Å². The van der Waals surface area contributed by atoms with E-state index in [0.717, 1.165) is 37.5 Å². The molecule has 0 radical (unpaired) electrons. The van der Waals surface area contributed by atoms with Gasteiger partial charge in [0.1, 0.15) is 18.2 Å². The normalized spacial score (nSPS) is 12.9. The zero-order valence-electron chi connectivity index (χ0n) is 15.3. The van der Waals surface area contributed by atoms with Gasteiger partial charge in [-0.1, -0.05) is 11.6 Å². The fraction of sp³-hybridized carbons (Fsp3) is 0.294. The summed E-state index contributed by atoms with van der Waals surface area (Å²) in [5.41, 5.74) is 5.19. The molecule has 4 rings (SSSR count). The van der Waals surface area contributed by atoms with Gasteiger partial charge in [0.25, 0.3) is 0 Å². The molecule has 3 aromatic heterocycles. The molecule has 0 fully saturated rings. The molecule has 150 valence electrons. The van der Waals surface area contributed by atoms with Gasteiger partial charge in [-0.25, -0.2) is 4.98 Å². The molecule has 1 aliphatic heterocycles. The molecule has 0 atom stereocenters. The average Bonchev–Trinajstić information content (AvgIpc) is 3.34. The van der Waals surface area contributed by atoms with Crippen LogP contribution in [0.5, 0.6) is 0 Å². The molecular formula is C17H18ClN9O2. The lowest BCUT2D eigenvalue weighted by Gasteiger charge is -2.14. The topological polar surface area (TPSA) is 132 Å². The molecule has 12 heteroatoms. The largest absolute Gasteiger partial charge is 0.328 e. The Hall–Kier alpha value is -3.47. The number of rotatable bonds is 5. The number of hydrogen-bond donors (Lipinski definition) is 3. The van der Waals surface area contributed by atoms with Crippen LogP contribution >= 0.6 is 11.6 Å². The number of halogens is 1. The maximum atomic E-state index is 12.0. The highest BCUT2D eigenvalue weighted by Crippen LogP contribution is 2.15. The Bertz CT molecular complexity index is 1030. The number of hydrogen-bond acceptors (Lipinski definition) is 7. The lowest BCUT2D eigenvalue weighted by molar-refractivity contribution is -0.135. The van der Waals surface area contributed by atoms with Gasteiger partial charge in [0.05, 0.1) is 16.9 Å². The second kappa shape index (κ2) is 8.27. The van der Waals surface area contributed by atoms with Crippen molar-refractivity contribution in [3.63, 3.8) is 0 Å². The first-order valence-corrected chi connectivity index (χ1v) is 9.38. The van der Waals surface area contributed by atoms with Gasteiger partial charge in [-0.2, -0.15) is 5.10 Å². The third-order valence-corrected chi connectivity index (χ3v) is 4.59. The van der Waals surface area contributed by atoms with Crippen LogP contribution in [0.4, 0.5) is 11.5 Å². The van der Waals surface area contributed by atoms with Gasteiger partial charge < -0.3 is 9.88 Å². The molecule has 0 unspecified atom stereocenters. The molecule has 0 bridgehead atoms. The highest BCUT2D eigenvalue weighted by molar-refractivity contribution is 6.39. The predicted molar refractivity (Wildman–Crippen MR) is 104 cm³/mol. The SMILES string of the molecule is O=C(NNc1ccc(Cl)cn1)C(=O)Nc1cnn(Cc2nnc3n2CCCC3)c1. The number of pyridine rings is 1. The summed E-state index contributed by atoms with van der Waals surface area (Å²) in [6.45, 7) is 1.33. The lowest BCUT2D eigenvalue weighted by Crippen LogP contribution is -2.38. The van der Waals surface area contributed by atoms with E-state index in [1.807, 2.05) is 0 Å². The molecule has 3 aromatic rings. The molecule has 2 amide bonds. The minimum Gasteiger partial charge on any atom is -0.315 e. The molecule has 3 N–H and O–H groups in total. The third kappa shape index (κ3) is 4.51. The highest BCUT2D eigenvalue weighted by atomic mass is 35.5. The van der Waals surface area contributed by atoms with Crippen LogP contribution in [0.3, 0.4) is 0 Å². The van der Waals surface area contributed by atoms with E-state index >= 15 is 0 Å². The van der Waals surface area contributed by atoms with Crippen molar-refractivity contribution in [3.05, 3.63) is 47.4 Å². The van der Waals surface area contributed by atoms with Crippen LogP contribution in [-0.4, -0.2) is 41.3 Å². The van der Waals surface area contributed by atoms with Crippen molar-refractivity contribution in [2.45, 2.75) is 32.4 Å². The number of fused-ring (bicyclic) bond motifs is 1. The van der Waals surface area contributed by atoms with E-state index in [4.69, 9.17) is 11.6 Å². The summed E-state index contributed by atoms with van der Waals surface area (Å²) in [6.07, 6.45) is 7.67. The highest BCUT2D eigenvalue weighted by Gasteiger charge is 2.17. The zero-order chi connectivity index (χ0) is 20.2. The minimum atomic E-state index is -0.874. The van der Waals surface area contributed by atoms with Gasteiger partial charge in [-0.15, -0.1) is 10.2 Å². The Labute approximate surface area is 170 Å². The number of carbonyl (C=O) groups is 2. The first kappa shape index (κ1) is 18.9. The molecular weight excluding hydrogens is 398 g/mol. The van der Waals surface area contributed by atoms with E-state index in [2.05, 4.69) is 41.0 Å². The molecule has 0 aromatic carbocycles. The monoisotopic (exact) mass is 415 g/mol. The number of aromatic nitrogens is 6. The summed E-state index contributed by atoms with van der Waals surface area (Å²) in [5.74, 6) is 0.441. The van der Waals surface area contributed by atoms with Gasteiger partial charge >= 0.3 is 11.8 Å². The predicted octanol–water partition coefficient (Wildman–Crippen LogP) is 0.989. The van der Waals surface area contributed by atoms with Crippen molar-refractivity contribution >= 4 is 34.9 Å². The summed E-state index contributed by atoms with van der Waals surface area (Å²) < 4.78 is 3.74. The molecule has 0 spiro atoms. The van der Waals surface area contributed by atoms with E-state index in [9.17, 15) is 9.59 Å². The second-order valence-corrected chi connectivity index (χ2v) is 6.90. The van der Waals surface area contributed by atoms with E-state index in [1.165, 1.54) is 12.4 Å². The Morgan fingerprint density at radius 3 is 2.86 bits per heavy atom. The van der Waals surface area contributed by atoms with Gasteiger partial charge in [0.2, 0.25) is 0 Å². The van der Waals surface area contributed by atoms with E-state index in [-0.39, 0.29) is 0 Å². The average molecular weight is 416 g/mol. The van der Waals surface area contributed by atoms with Gasteiger partial charge in [0.15, 0.2) is 5.82 Å². The van der Waals surface area contributed by atoms with Crippen molar-refractivity contribution in [1.29, 1.82) is 0 Å². The van der Waals surface area contributed by atoms with Crippen LogP contribution in [0, 0.1) is 0 Å². The Morgan fingerprint density at radius 2 is 2.03 bits per heavy atom. The number of hydrazine groups is 1. The van der Waals surface area contributed by atoms with Crippen LogP contribution in [0.25, 0.3) is 0 Å². The molecule has 1 aliphatic rings. The van der Waals surface area contributed by atoms with Crippen molar-refractivity contribution in [3.8, 4) is 0 Å². The summed E-state index contributed by atoms with van der Waals surface area (Å²) in [5, 5.41) is 15.6. The second-order valence-electron chi connectivity index (χ2n) is 6.46. The van der Waals surface area contributed by atoms with Crippen molar-refractivity contribution in [2.24, 2.45) is 0 Å².